The van der Waals surface area contributed by atoms with Gasteiger partial charge in [0.2, 0.25) is 0 Å². The average Bonchev–Trinajstić information content (AvgIpc) is 3.23. The third-order valence-electron chi connectivity index (χ3n) is 3.29. The molecule has 1 amide bonds. The number of benzene rings is 1. The van der Waals surface area contributed by atoms with Gasteiger partial charge in [0.1, 0.15) is 0 Å². The summed E-state index contributed by atoms with van der Waals surface area (Å²) in [5, 5.41) is 7.22. The number of hydrogen-bond donors (Lipinski definition) is 1. The Bertz CT molecular complexity index is 783. The topological polar surface area (TPSA) is 73.0 Å². The van der Waals surface area contributed by atoms with Crippen molar-refractivity contribution >= 4 is 17.5 Å². The number of imidazole rings is 1. The van der Waals surface area contributed by atoms with E-state index in [0.717, 1.165) is 18.5 Å². The highest BCUT2D eigenvalue weighted by Crippen LogP contribution is 2.23. The van der Waals surface area contributed by atoms with Crippen LogP contribution in [0.2, 0.25) is 5.02 Å². The molecule has 0 unspecified atom stereocenters. The van der Waals surface area contributed by atoms with Crippen molar-refractivity contribution in [1.29, 1.82) is 0 Å². The lowest BCUT2D eigenvalue weighted by atomic mass is 10.1. The van der Waals surface area contributed by atoms with Crippen LogP contribution in [0.15, 0.2) is 53.6 Å². The summed E-state index contributed by atoms with van der Waals surface area (Å²) in [7, 11) is 0. The molecule has 0 aliphatic heterocycles. The number of rotatable bonds is 6. The van der Waals surface area contributed by atoms with Gasteiger partial charge >= 0.3 is 0 Å². The fourth-order valence-corrected chi connectivity index (χ4v) is 2.32. The smallest absolute Gasteiger partial charge is 0.273 e. The Labute approximate surface area is 138 Å². The first-order valence-electron chi connectivity index (χ1n) is 7.19. The summed E-state index contributed by atoms with van der Waals surface area (Å²) in [6.07, 6.45) is 6.17. The lowest BCUT2D eigenvalue weighted by Gasteiger charge is -2.03. The van der Waals surface area contributed by atoms with E-state index < -0.39 is 0 Å². The standard InChI is InChI=1S/C16H15ClN4O2/c17-13-4-1-3-12(9-13)15-10-14(20-23-15)16(22)19-5-2-7-21-8-6-18-11-21/h1,3-4,6,8-11H,2,5,7H2,(H,19,22). The minimum atomic E-state index is -0.257. The van der Waals surface area contributed by atoms with Crippen molar-refractivity contribution in [3.8, 4) is 11.3 Å². The fourth-order valence-electron chi connectivity index (χ4n) is 2.13. The van der Waals surface area contributed by atoms with Crippen LogP contribution in [0, 0.1) is 0 Å². The summed E-state index contributed by atoms with van der Waals surface area (Å²) >= 11 is 5.94. The molecular formula is C16H15ClN4O2. The molecule has 2 heterocycles. The van der Waals surface area contributed by atoms with Crippen molar-refractivity contribution < 1.29 is 9.32 Å². The normalized spacial score (nSPS) is 10.7. The molecular weight excluding hydrogens is 316 g/mol. The Hall–Kier alpha value is -2.60. The second-order valence-corrected chi connectivity index (χ2v) is 5.43. The Morgan fingerprint density at radius 2 is 2.26 bits per heavy atom. The molecule has 2 aromatic heterocycles. The van der Waals surface area contributed by atoms with E-state index in [1.165, 1.54) is 0 Å². The van der Waals surface area contributed by atoms with Crippen LogP contribution in [-0.4, -0.2) is 27.2 Å². The van der Waals surface area contributed by atoms with Crippen LogP contribution in [0.3, 0.4) is 0 Å². The van der Waals surface area contributed by atoms with Gasteiger partial charge in [-0.2, -0.15) is 0 Å². The molecule has 0 aliphatic rings. The van der Waals surface area contributed by atoms with E-state index >= 15 is 0 Å². The van der Waals surface area contributed by atoms with E-state index in [2.05, 4.69) is 15.5 Å². The number of hydrogen-bond acceptors (Lipinski definition) is 4. The molecule has 118 valence electrons. The molecule has 3 aromatic rings. The second kappa shape index (κ2) is 7.11. The van der Waals surface area contributed by atoms with Crippen molar-refractivity contribution in [2.24, 2.45) is 0 Å². The highest BCUT2D eigenvalue weighted by molar-refractivity contribution is 6.30. The van der Waals surface area contributed by atoms with Gasteiger partial charge in [-0.25, -0.2) is 4.98 Å². The van der Waals surface area contributed by atoms with E-state index in [4.69, 9.17) is 16.1 Å². The maximum Gasteiger partial charge on any atom is 0.273 e. The third-order valence-corrected chi connectivity index (χ3v) is 3.52. The molecule has 0 saturated heterocycles. The fraction of sp³-hybridized carbons (Fsp3) is 0.188. The zero-order valence-corrected chi connectivity index (χ0v) is 13.0. The maximum absolute atomic E-state index is 12.0. The summed E-state index contributed by atoms with van der Waals surface area (Å²) in [6, 6.07) is 8.80. The Kier molecular flexibility index (Phi) is 4.73. The van der Waals surface area contributed by atoms with Gasteiger partial charge in [-0.3, -0.25) is 4.79 Å². The third kappa shape index (κ3) is 3.98. The summed E-state index contributed by atoms with van der Waals surface area (Å²) in [5.74, 6) is 0.253. The first-order chi connectivity index (χ1) is 11.2. The minimum absolute atomic E-state index is 0.252. The first kappa shape index (κ1) is 15.3. The molecule has 0 fully saturated rings. The van der Waals surface area contributed by atoms with Crippen LogP contribution < -0.4 is 5.32 Å². The highest BCUT2D eigenvalue weighted by atomic mass is 35.5. The quantitative estimate of drug-likeness (QED) is 0.705. The number of carbonyl (C=O) groups excluding carboxylic acids is 1. The van der Waals surface area contributed by atoms with Crippen LogP contribution in [0.25, 0.3) is 11.3 Å². The number of amides is 1. The van der Waals surface area contributed by atoms with Gasteiger partial charge in [-0.05, 0) is 18.6 Å². The van der Waals surface area contributed by atoms with Crippen LogP contribution in [-0.2, 0) is 6.54 Å². The molecule has 0 saturated carbocycles. The lowest BCUT2D eigenvalue weighted by molar-refractivity contribution is 0.0944. The van der Waals surface area contributed by atoms with Crippen molar-refractivity contribution in [2.75, 3.05) is 6.54 Å². The summed E-state index contributed by atoms with van der Waals surface area (Å²) in [6.45, 7) is 1.35. The number of aryl methyl sites for hydroxylation is 1. The molecule has 1 aromatic carbocycles. The molecule has 0 spiro atoms. The van der Waals surface area contributed by atoms with E-state index in [-0.39, 0.29) is 11.6 Å². The average molecular weight is 331 g/mol. The molecule has 0 atom stereocenters. The van der Waals surface area contributed by atoms with E-state index in [9.17, 15) is 4.79 Å². The largest absolute Gasteiger partial charge is 0.355 e. The molecule has 6 nitrogen and oxygen atoms in total. The Morgan fingerprint density at radius 1 is 1.35 bits per heavy atom. The predicted octanol–water partition coefficient (Wildman–Crippen LogP) is 3.01. The summed E-state index contributed by atoms with van der Waals surface area (Å²) < 4.78 is 7.17. The molecule has 7 heteroatoms. The summed E-state index contributed by atoms with van der Waals surface area (Å²) in [5.41, 5.74) is 1.03. The van der Waals surface area contributed by atoms with E-state index in [0.29, 0.717) is 17.3 Å². The van der Waals surface area contributed by atoms with Crippen LogP contribution in [0.1, 0.15) is 16.9 Å². The minimum Gasteiger partial charge on any atom is -0.355 e. The highest BCUT2D eigenvalue weighted by Gasteiger charge is 2.13. The van der Waals surface area contributed by atoms with Gasteiger partial charge in [0, 0.05) is 42.1 Å². The van der Waals surface area contributed by atoms with Crippen molar-refractivity contribution in [1.82, 2.24) is 20.0 Å². The van der Waals surface area contributed by atoms with Gasteiger partial charge in [0.05, 0.1) is 6.33 Å². The van der Waals surface area contributed by atoms with Gasteiger partial charge in [0.25, 0.3) is 5.91 Å². The molecule has 0 aliphatic carbocycles. The molecule has 1 N–H and O–H groups in total. The molecule has 0 radical (unpaired) electrons. The summed E-state index contributed by atoms with van der Waals surface area (Å²) in [4.78, 5) is 16.0. The molecule has 0 bridgehead atoms. The first-order valence-corrected chi connectivity index (χ1v) is 7.57. The monoisotopic (exact) mass is 330 g/mol. The van der Waals surface area contributed by atoms with Crippen molar-refractivity contribution in [2.45, 2.75) is 13.0 Å². The van der Waals surface area contributed by atoms with Crippen LogP contribution >= 0.6 is 11.6 Å². The number of nitrogens with zero attached hydrogens (tertiary/aromatic N) is 3. The van der Waals surface area contributed by atoms with Crippen molar-refractivity contribution in [3.05, 3.63) is 59.8 Å². The Balaban J connectivity index is 1.54. The lowest BCUT2D eigenvalue weighted by Crippen LogP contribution is -2.25. The second-order valence-electron chi connectivity index (χ2n) is 5.00. The van der Waals surface area contributed by atoms with Gasteiger partial charge < -0.3 is 14.4 Å². The number of nitrogens with one attached hydrogen (secondary N) is 1. The van der Waals surface area contributed by atoms with Gasteiger partial charge in [-0.15, -0.1) is 0 Å². The van der Waals surface area contributed by atoms with Crippen LogP contribution in [0.5, 0.6) is 0 Å². The van der Waals surface area contributed by atoms with Gasteiger partial charge in [-0.1, -0.05) is 28.9 Å². The molecule has 3 rings (SSSR count). The Morgan fingerprint density at radius 3 is 3.04 bits per heavy atom. The zero-order chi connectivity index (χ0) is 16.1. The zero-order valence-electron chi connectivity index (χ0n) is 12.3. The van der Waals surface area contributed by atoms with E-state index in [1.54, 1.807) is 30.7 Å². The number of aromatic nitrogens is 3. The maximum atomic E-state index is 12.0. The van der Waals surface area contributed by atoms with Gasteiger partial charge in [0.15, 0.2) is 11.5 Å². The van der Waals surface area contributed by atoms with Crippen molar-refractivity contribution in [3.63, 3.8) is 0 Å². The number of carbonyl (C=O) groups is 1. The molecule has 23 heavy (non-hydrogen) atoms. The number of halogens is 1. The van der Waals surface area contributed by atoms with E-state index in [1.807, 2.05) is 22.9 Å². The van der Waals surface area contributed by atoms with Crippen LogP contribution in [0.4, 0.5) is 0 Å². The SMILES string of the molecule is O=C(NCCCn1ccnc1)c1cc(-c2cccc(Cl)c2)on1. The predicted molar refractivity (Wildman–Crippen MR) is 86.1 cm³/mol.